The third-order valence-electron chi connectivity index (χ3n) is 3.14. The van der Waals surface area contributed by atoms with E-state index in [2.05, 4.69) is 12.2 Å². The van der Waals surface area contributed by atoms with Crippen molar-refractivity contribution in [3.05, 3.63) is 0 Å². The van der Waals surface area contributed by atoms with Crippen LogP contribution in [0.5, 0.6) is 0 Å². The first-order chi connectivity index (χ1) is 8.08. The molecule has 0 aliphatic heterocycles. The monoisotopic (exact) mass is 259 g/mol. The van der Waals surface area contributed by atoms with Crippen LogP contribution in [0, 0.1) is 0 Å². The molecule has 0 spiro atoms. The molecule has 1 saturated carbocycles. The smallest absolute Gasteiger partial charge is 0.323 e. The number of aliphatic carboxylic acids is 1. The Labute approximate surface area is 109 Å². The number of hydrogen-bond donors (Lipinski definition) is 2. The number of rotatable bonds is 10. The SMILES string of the molecule is CCCSCCCCC(C)(NC1CC1)C(=O)O. The molecule has 0 bridgehead atoms. The summed E-state index contributed by atoms with van der Waals surface area (Å²) in [6.45, 7) is 4.01. The van der Waals surface area contributed by atoms with E-state index >= 15 is 0 Å². The Hall–Kier alpha value is -0.220. The minimum atomic E-state index is -0.712. The molecule has 0 aromatic heterocycles. The van der Waals surface area contributed by atoms with Crippen molar-refractivity contribution in [1.29, 1.82) is 0 Å². The van der Waals surface area contributed by atoms with Crippen molar-refractivity contribution in [1.82, 2.24) is 5.32 Å². The molecule has 1 atom stereocenters. The molecule has 1 aliphatic carbocycles. The normalized spacial score (nSPS) is 18.9. The van der Waals surface area contributed by atoms with Crippen molar-refractivity contribution in [3.8, 4) is 0 Å². The predicted octanol–water partition coefficient (Wildman–Crippen LogP) is 2.90. The molecule has 0 heterocycles. The van der Waals surface area contributed by atoms with Gasteiger partial charge in [0.2, 0.25) is 0 Å². The molecular formula is C13H25NO2S. The van der Waals surface area contributed by atoms with Gasteiger partial charge >= 0.3 is 5.97 Å². The van der Waals surface area contributed by atoms with Crippen LogP contribution in [0.2, 0.25) is 0 Å². The summed E-state index contributed by atoms with van der Waals surface area (Å²) in [5.74, 6) is 1.68. The quantitative estimate of drug-likeness (QED) is 0.592. The Morgan fingerprint density at radius 3 is 2.65 bits per heavy atom. The molecule has 0 radical (unpaired) electrons. The van der Waals surface area contributed by atoms with Gasteiger partial charge in [-0.3, -0.25) is 10.1 Å². The first kappa shape index (κ1) is 14.8. The van der Waals surface area contributed by atoms with Crippen molar-refractivity contribution >= 4 is 17.7 Å². The number of hydrogen-bond acceptors (Lipinski definition) is 3. The van der Waals surface area contributed by atoms with Crippen molar-refractivity contribution in [2.75, 3.05) is 11.5 Å². The van der Waals surface area contributed by atoms with Crippen molar-refractivity contribution in [3.63, 3.8) is 0 Å². The highest BCUT2D eigenvalue weighted by atomic mass is 32.2. The lowest BCUT2D eigenvalue weighted by Crippen LogP contribution is -2.50. The highest BCUT2D eigenvalue weighted by Crippen LogP contribution is 2.25. The Balaban J connectivity index is 2.17. The number of nitrogens with one attached hydrogen (secondary N) is 1. The average Bonchev–Trinajstić information content (AvgIpc) is 3.07. The minimum absolute atomic E-state index is 0.450. The van der Waals surface area contributed by atoms with Gasteiger partial charge in [0.1, 0.15) is 5.54 Å². The van der Waals surface area contributed by atoms with E-state index in [-0.39, 0.29) is 0 Å². The molecule has 4 heteroatoms. The van der Waals surface area contributed by atoms with Gasteiger partial charge in [0.05, 0.1) is 0 Å². The van der Waals surface area contributed by atoms with E-state index in [1.807, 2.05) is 18.7 Å². The van der Waals surface area contributed by atoms with Crippen LogP contribution < -0.4 is 5.32 Å². The molecule has 2 N–H and O–H groups in total. The average molecular weight is 259 g/mol. The lowest BCUT2D eigenvalue weighted by molar-refractivity contribution is -0.144. The van der Waals surface area contributed by atoms with Crippen LogP contribution in [0.4, 0.5) is 0 Å². The molecular weight excluding hydrogens is 234 g/mol. The summed E-state index contributed by atoms with van der Waals surface area (Å²) in [6, 6.07) is 0.450. The zero-order chi connectivity index (χ0) is 12.7. The Morgan fingerprint density at radius 2 is 2.12 bits per heavy atom. The highest BCUT2D eigenvalue weighted by molar-refractivity contribution is 7.99. The summed E-state index contributed by atoms with van der Waals surface area (Å²) < 4.78 is 0. The first-order valence-electron chi connectivity index (χ1n) is 6.67. The highest BCUT2D eigenvalue weighted by Gasteiger charge is 2.37. The van der Waals surface area contributed by atoms with Crippen molar-refractivity contribution in [2.24, 2.45) is 0 Å². The van der Waals surface area contributed by atoms with Gasteiger partial charge in [-0.1, -0.05) is 13.3 Å². The van der Waals surface area contributed by atoms with E-state index < -0.39 is 11.5 Å². The summed E-state index contributed by atoms with van der Waals surface area (Å²) in [6.07, 6.45) is 6.36. The van der Waals surface area contributed by atoms with Crippen LogP contribution >= 0.6 is 11.8 Å². The van der Waals surface area contributed by atoms with Gasteiger partial charge in [-0.15, -0.1) is 0 Å². The number of carboxylic acids is 1. The van der Waals surface area contributed by atoms with Gasteiger partial charge < -0.3 is 5.11 Å². The lowest BCUT2D eigenvalue weighted by Gasteiger charge is -2.26. The third-order valence-corrected chi connectivity index (χ3v) is 4.41. The van der Waals surface area contributed by atoms with E-state index in [0.717, 1.165) is 37.9 Å². The number of carbonyl (C=O) groups is 1. The van der Waals surface area contributed by atoms with Crippen molar-refractivity contribution in [2.45, 2.75) is 64.0 Å². The lowest BCUT2D eigenvalue weighted by atomic mass is 9.95. The van der Waals surface area contributed by atoms with Crippen molar-refractivity contribution < 1.29 is 9.90 Å². The van der Waals surface area contributed by atoms with Gasteiger partial charge in [-0.05, 0) is 50.5 Å². The summed E-state index contributed by atoms with van der Waals surface area (Å²) in [7, 11) is 0. The van der Waals surface area contributed by atoms with Crippen LogP contribution in [0.1, 0.15) is 52.4 Å². The maximum atomic E-state index is 11.3. The second-order valence-corrected chi connectivity index (χ2v) is 6.35. The molecule has 0 aromatic rings. The fourth-order valence-corrected chi connectivity index (χ4v) is 2.75. The number of unbranched alkanes of at least 4 members (excludes halogenated alkanes) is 1. The fraction of sp³-hybridized carbons (Fsp3) is 0.923. The van der Waals surface area contributed by atoms with Crippen LogP contribution in [0.25, 0.3) is 0 Å². The number of thioether (sulfide) groups is 1. The largest absolute Gasteiger partial charge is 0.480 e. The van der Waals surface area contributed by atoms with E-state index in [0.29, 0.717) is 6.04 Å². The zero-order valence-corrected chi connectivity index (χ0v) is 11.8. The predicted molar refractivity (Wildman–Crippen MR) is 73.7 cm³/mol. The van der Waals surface area contributed by atoms with Gasteiger partial charge in [0.15, 0.2) is 0 Å². The molecule has 17 heavy (non-hydrogen) atoms. The van der Waals surface area contributed by atoms with Gasteiger partial charge in [-0.2, -0.15) is 11.8 Å². The second-order valence-electron chi connectivity index (χ2n) is 5.13. The molecule has 1 unspecified atom stereocenters. The van der Waals surface area contributed by atoms with Crippen LogP contribution in [0.3, 0.4) is 0 Å². The van der Waals surface area contributed by atoms with E-state index in [9.17, 15) is 9.90 Å². The van der Waals surface area contributed by atoms with E-state index in [4.69, 9.17) is 0 Å². The molecule has 1 rings (SSSR count). The molecule has 3 nitrogen and oxygen atoms in total. The molecule has 0 aromatic carbocycles. The Kier molecular flexibility index (Phi) is 6.34. The van der Waals surface area contributed by atoms with E-state index in [1.165, 1.54) is 12.2 Å². The van der Waals surface area contributed by atoms with Gasteiger partial charge in [0.25, 0.3) is 0 Å². The first-order valence-corrected chi connectivity index (χ1v) is 7.83. The van der Waals surface area contributed by atoms with Crippen LogP contribution in [0.15, 0.2) is 0 Å². The maximum absolute atomic E-state index is 11.3. The molecule has 0 saturated heterocycles. The molecule has 0 amide bonds. The van der Waals surface area contributed by atoms with Crippen LogP contribution in [-0.4, -0.2) is 34.2 Å². The summed E-state index contributed by atoms with van der Waals surface area (Å²) in [5, 5.41) is 12.5. The Morgan fingerprint density at radius 1 is 1.41 bits per heavy atom. The van der Waals surface area contributed by atoms with Gasteiger partial charge in [0, 0.05) is 6.04 Å². The molecule has 1 aliphatic rings. The zero-order valence-electron chi connectivity index (χ0n) is 11.0. The van der Waals surface area contributed by atoms with Gasteiger partial charge in [-0.25, -0.2) is 0 Å². The summed E-state index contributed by atoms with van der Waals surface area (Å²) in [4.78, 5) is 11.3. The van der Waals surface area contributed by atoms with Crippen LogP contribution in [-0.2, 0) is 4.79 Å². The maximum Gasteiger partial charge on any atom is 0.323 e. The summed E-state index contributed by atoms with van der Waals surface area (Å²) >= 11 is 1.97. The minimum Gasteiger partial charge on any atom is -0.480 e. The standard InChI is InChI=1S/C13H25NO2S/c1-3-9-17-10-5-4-8-13(2,12(15)16)14-11-6-7-11/h11,14H,3-10H2,1-2H3,(H,15,16). The molecule has 1 fully saturated rings. The third kappa shape index (κ3) is 5.77. The summed E-state index contributed by atoms with van der Waals surface area (Å²) in [5.41, 5.74) is -0.712. The molecule has 100 valence electrons. The number of carboxylic acid groups (broad SMARTS) is 1. The fourth-order valence-electron chi connectivity index (χ4n) is 1.85. The van der Waals surface area contributed by atoms with E-state index in [1.54, 1.807) is 0 Å². The second kappa shape index (κ2) is 7.27. The topological polar surface area (TPSA) is 49.3 Å². The Bertz CT molecular complexity index is 244.